The highest BCUT2D eigenvalue weighted by molar-refractivity contribution is 14.1. The van der Waals surface area contributed by atoms with E-state index in [1.807, 2.05) is 49.4 Å². The highest BCUT2D eigenvalue weighted by Crippen LogP contribution is 2.25. The summed E-state index contributed by atoms with van der Waals surface area (Å²) in [6, 6.07) is 15.2. The van der Waals surface area contributed by atoms with Gasteiger partial charge < -0.3 is 0 Å². The smallest absolute Gasteiger partial charge is 0.263 e. The molecule has 148 valence electrons. The number of nitrogens with zero attached hydrogens (tertiary/aromatic N) is 5. The van der Waals surface area contributed by atoms with Crippen LogP contribution >= 0.6 is 34.2 Å². The van der Waals surface area contributed by atoms with E-state index in [9.17, 15) is 4.79 Å². The number of aryl methyl sites for hydroxylation is 1. The van der Waals surface area contributed by atoms with Crippen molar-refractivity contribution in [3.63, 3.8) is 0 Å². The summed E-state index contributed by atoms with van der Waals surface area (Å²) in [7, 11) is 0. The number of fused-ring (bicyclic) bond motifs is 2. The molecule has 0 fully saturated rings. The second kappa shape index (κ2) is 7.48. The summed E-state index contributed by atoms with van der Waals surface area (Å²) in [6.07, 6.45) is 3.25. The van der Waals surface area contributed by atoms with Crippen molar-refractivity contribution < 1.29 is 0 Å². The molecule has 3 aromatic heterocycles. The quantitative estimate of drug-likeness (QED) is 0.318. The van der Waals surface area contributed by atoms with Crippen LogP contribution < -0.4 is 5.56 Å². The number of hydrogen-bond donors (Lipinski definition) is 0. The fourth-order valence-electron chi connectivity index (χ4n) is 3.75. The summed E-state index contributed by atoms with van der Waals surface area (Å²) < 4.78 is 4.29. The van der Waals surface area contributed by atoms with Gasteiger partial charge >= 0.3 is 0 Å². The van der Waals surface area contributed by atoms with Crippen LogP contribution in [0.1, 0.15) is 11.3 Å². The summed E-state index contributed by atoms with van der Waals surface area (Å²) in [5.74, 6) is 0. The standard InChI is InChI=1S/C22H15ClIN5O/c1-13-5-4-6-14-9-15(11-28-21-16(20(24)27-28)10-25-12-26-21)29(22(30)19(13)14)18-8-3-2-7-17(18)23/h2-10,12H,11H2,1H3. The Morgan fingerprint density at radius 1 is 1.13 bits per heavy atom. The SMILES string of the molecule is Cc1cccc2cc(Cn3nc(I)c4cncnc43)n(-c3ccccc3Cl)c(=O)c12. The van der Waals surface area contributed by atoms with Gasteiger partial charge in [-0.05, 0) is 58.7 Å². The Labute approximate surface area is 190 Å². The summed E-state index contributed by atoms with van der Waals surface area (Å²) in [6.45, 7) is 2.31. The Morgan fingerprint density at radius 2 is 1.97 bits per heavy atom. The topological polar surface area (TPSA) is 65.6 Å². The van der Waals surface area contributed by atoms with E-state index in [4.69, 9.17) is 11.6 Å². The zero-order chi connectivity index (χ0) is 20.8. The Balaban J connectivity index is 1.82. The second-order valence-electron chi connectivity index (χ2n) is 6.98. The molecule has 0 N–H and O–H groups in total. The van der Waals surface area contributed by atoms with E-state index in [2.05, 4.69) is 37.7 Å². The minimum atomic E-state index is -0.102. The minimum Gasteiger partial charge on any atom is -0.277 e. The molecule has 0 aliphatic carbocycles. The lowest BCUT2D eigenvalue weighted by molar-refractivity contribution is 0.665. The molecule has 3 heterocycles. The van der Waals surface area contributed by atoms with E-state index in [0.29, 0.717) is 22.6 Å². The largest absolute Gasteiger partial charge is 0.277 e. The molecule has 0 aliphatic heterocycles. The van der Waals surface area contributed by atoms with E-state index in [1.54, 1.807) is 21.5 Å². The van der Waals surface area contributed by atoms with Crippen molar-refractivity contribution in [1.29, 1.82) is 0 Å². The molecule has 0 atom stereocenters. The van der Waals surface area contributed by atoms with Gasteiger partial charge in [0.1, 0.15) is 10.0 Å². The Bertz CT molecular complexity index is 1490. The molecule has 0 saturated heterocycles. The normalized spacial score (nSPS) is 11.4. The van der Waals surface area contributed by atoms with E-state index >= 15 is 0 Å². The van der Waals surface area contributed by atoms with Crippen molar-refractivity contribution in [3.8, 4) is 5.69 Å². The summed E-state index contributed by atoms with van der Waals surface area (Å²) >= 11 is 8.66. The number of rotatable bonds is 3. The van der Waals surface area contributed by atoms with Crippen LogP contribution in [0.2, 0.25) is 5.02 Å². The monoisotopic (exact) mass is 527 g/mol. The third-order valence-corrected chi connectivity index (χ3v) is 6.22. The summed E-state index contributed by atoms with van der Waals surface area (Å²) in [4.78, 5) is 22.1. The van der Waals surface area contributed by atoms with Gasteiger partial charge in [-0.25, -0.2) is 14.6 Å². The first-order valence-corrected chi connectivity index (χ1v) is 10.7. The maximum absolute atomic E-state index is 13.6. The molecule has 6 nitrogen and oxygen atoms in total. The molecule has 2 aromatic carbocycles. The van der Waals surface area contributed by atoms with Gasteiger partial charge in [-0.3, -0.25) is 9.36 Å². The first-order valence-electron chi connectivity index (χ1n) is 9.26. The van der Waals surface area contributed by atoms with E-state index < -0.39 is 0 Å². The molecule has 0 aliphatic rings. The van der Waals surface area contributed by atoms with Crippen LogP contribution in [0.15, 0.2) is 65.8 Å². The lowest BCUT2D eigenvalue weighted by Gasteiger charge is -2.17. The van der Waals surface area contributed by atoms with Gasteiger partial charge in [-0.2, -0.15) is 5.10 Å². The highest BCUT2D eigenvalue weighted by Gasteiger charge is 2.17. The molecule has 5 rings (SSSR count). The fraction of sp³-hybridized carbons (Fsp3) is 0.0909. The number of halogens is 2. The van der Waals surface area contributed by atoms with Crippen LogP contribution in [0.3, 0.4) is 0 Å². The number of aromatic nitrogens is 5. The summed E-state index contributed by atoms with van der Waals surface area (Å²) in [5.41, 5.74) is 2.96. The highest BCUT2D eigenvalue weighted by atomic mass is 127. The maximum atomic E-state index is 13.6. The zero-order valence-corrected chi connectivity index (χ0v) is 18.8. The third-order valence-electron chi connectivity index (χ3n) is 5.10. The fourth-order valence-corrected chi connectivity index (χ4v) is 4.61. The molecule has 0 spiro atoms. The number of benzene rings is 2. The summed E-state index contributed by atoms with van der Waals surface area (Å²) in [5, 5.41) is 7.58. The van der Waals surface area contributed by atoms with Crippen molar-refractivity contribution >= 4 is 56.0 Å². The number of hydrogen-bond acceptors (Lipinski definition) is 4. The third kappa shape index (κ3) is 3.09. The predicted molar refractivity (Wildman–Crippen MR) is 126 cm³/mol. The molecule has 0 radical (unpaired) electrons. The molecule has 5 aromatic rings. The van der Waals surface area contributed by atoms with E-state index in [0.717, 1.165) is 31.4 Å². The van der Waals surface area contributed by atoms with Crippen molar-refractivity contribution in [2.75, 3.05) is 0 Å². The Morgan fingerprint density at radius 3 is 2.80 bits per heavy atom. The maximum Gasteiger partial charge on any atom is 0.263 e. The molecule has 0 unspecified atom stereocenters. The first kappa shape index (κ1) is 19.2. The Kier molecular flexibility index (Phi) is 4.79. The van der Waals surface area contributed by atoms with Crippen LogP contribution in [0.5, 0.6) is 0 Å². The van der Waals surface area contributed by atoms with Gasteiger partial charge in [0.05, 0.1) is 28.0 Å². The molecular weight excluding hydrogens is 513 g/mol. The molecule has 0 saturated carbocycles. The van der Waals surface area contributed by atoms with Crippen LogP contribution in [-0.2, 0) is 6.54 Å². The van der Waals surface area contributed by atoms with Crippen molar-refractivity contribution in [3.05, 3.63) is 91.4 Å². The number of para-hydroxylation sites is 1. The van der Waals surface area contributed by atoms with Crippen LogP contribution in [0, 0.1) is 10.6 Å². The number of pyridine rings is 1. The van der Waals surface area contributed by atoms with Gasteiger partial charge in [0, 0.05) is 11.9 Å². The van der Waals surface area contributed by atoms with Crippen LogP contribution in [0.25, 0.3) is 27.5 Å². The van der Waals surface area contributed by atoms with Gasteiger partial charge in [0.15, 0.2) is 5.65 Å². The Hall–Kier alpha value is -2.78. The van der Waals surface area contributed by atoms with Gasteiger partial charge in [0.2, 0.25) is 0 Å². The minimum absolute atomic E-state index is 0.102. The predicted octanol–water partition coefficient (Wildman–Crippen LogP) is 4.75. The molecule has 0 bridgehead atoms. The van der Waals surface area contributed by atoms with Gasteiger partial charge in [-0.15, -0.1) is 0 Å². The van der Waals surface area contributed by atoms with E-state index in [1.165, 1.54) is 6.33 Å². The lowest BCUT2D eigenvalue weighted by Crippen LogP contribution is -2.24. The molecule has 8 heteroatoms. The van der Waals surface area contributed by atoms with E-state index in [-0.39, 0.29) is 5.56 Å². The van der Waals surface area contributed by atoms with Crippen LogP contribution in [-0.4, -0.2) is 24.3 Å². The van der Waals surface area contributed by atoms with Gasteiger partial charge in [0.25, 0.3) is 5.56 Å². The van der Waals surface area contributed by atoms with Gasteiger partial charge in [-0.1, -0.05) is 41.9 Å². The van der Waals surface area contributed by atoms with Crippen molar-refractivity contribution in [2.45, 2.75) is 13.5 Å². The average molecular weight is 528 g/mol. The molecule has 0 amide bonds. The first-order chi connectivity index (χ1) is 14.5. The second-order valence-corrected chi connectivity index (χ2v) is 8.40. The van der Waals surface area contributed by atoms with Crippen molar-refractivity contribution in [2.24, 2.45) is 0 Å². The van der Waals surface area contributed by atoms with Crippen LogP contribution in [0.4, 0.5) is 0 Å². The average Bonchev–Trinajstić information content (AvgIpc) is 3.05. The zero-order valence-electron chi connectivity index (χ0n) is 15.9. The van der Waals surface area contributed by atoms with Crippen molar-refractivity contribution in [1.82, 2.24) is 24.3 Å². The lowest BCUT2D eigenvalue weighted by atomic mass is 10.1. The molecule has 30 heavy (non-hydrogen) atoms. The molecular formula is C22H15ClIN5O.